The van der Waals surface area contributed by atoms with E-state index in [1.165, 1.54) is 23.0 Å². The quantitative estimate of drug-likeness (QED) is 0.919. The topological polar surface area (TPSA) is 18.5 Å². The van der Waals surface area contributed by atoms with Gasteiger partial charge in [0.15, 0.2) is 0 Å². The maximum Gasteiger partial charge on any atom is 0.123 e. The first-order chi connectivity index (χ1) is 12.2. The summed E-state index contributed by atoms with van der Waals surface area (Å²) in [5, 5.41) is 3.45. The van der Waals surface area contributed by atoms with Crippen molar-refractivity contribution in [2.24, 2.45) is 0 Å². The Labute approximate surface area is 149 Å². The van der Waals surface area contributed by atoms with Crippen molar-refractivity contribution in [1.29, 1.82) is 0 Å². The lowest BCUT2D eigenvalue weighted by Gasteiger charge is -2.37. The van der Waals surface area contributed by atoms with Crippen LogP contribution in [0.5, 0.6) is 0 Å². The van der Waals surface area contributed by atoms with Crippen LogP contribution in [-0.4, -0.2) is 32.7 Å². The number of hydrogen-bond donors (Lipinski definition) is 1. The van der Waals surface area contributed by atoms with Crippen LogP contribution in [0.2, 0.25) is 0 Å². The number of halogens is 1. The Morgan fingerprint density at radius 3 is 2.80 bits per heavy atom. The Balaban J connectivity index is 1.65. The van der Waals surface area contributed by atoms with Crippen LogP contribution in [0.1, 0.15) is 24.0 Å². The number of anilines is 2. The highest BCUT2D eigenvalue weighted by atomic mass is 19.1. The first kappa shape index (κ1) is 16.4. The van der Waals surface area contributed by atoms with Gasteiger partial charge in [-0.05, 0) is 73.8 Å². The lowest BCUT2D eigenvalue weighted by Crippen LogP contribution is -2.43. The standard InChI is InChI=1S/C21H26FN3/c1-24-12-9-17-14-20(5-6-21(17)24)25(19-7-10-23-11-8-19)15-16-3-2-4-18(22)13-16/h2-6,13-14,19,23H,7-12,15H2,1H3. The molecule has 1 saturated heterocycles. The van der Waals surface area contributed by atoms with Gasteiger partial charge in [-0.3, -0.25) is 0 Å². The molecule has 2 aliphatic rings. The van der Waals surface area contributed by atoms with E-state index in [0.717, 1.165) is 51.0 Å². The van der Waals surface area contributed by atoms with E-state index in [4.69, 9.17) is 0 Å². The molecule has 0 aromatic heterocycles. The Hall–Kier alpha value is -2.07. The van der Waals surface area contributed by atoms with Gasteiger partial charge in [0, 0.05) is 37.6 Å². The highest BCUT2D eigenvalue weighted by Gasteiger charge is 2.24. The molecular formula is C21H26FN3. The molecule has 25 heavy (non-hydrogen) atoms. The van der Waals surface area contributed by atoms with Gasteiger partial charge >= 0.3 is 0 Å². The van der Waals surface area contributed by atoms with Crippen LogP contribution in [0.15, 0.2) is 42.5 Å². The van der Waals surface area contributed by atoms with Gasteiger partial charge < -0.3 is 15.1 Å². The maximum atomic E-state index is 13.7. The molecule has 4 rings (SSSR count). The van der Waals surface area contributed by atoms with Crippen LogP contribution < -0.4 is 15.1 Å². The first-order valence-corrected chi connectivity index (χ1v) is 9.26. The molecular weight excluding hydrogens is 313 g/mol. The molecule has 1 fully saturated rings. The SMILES string of the molecule is CN1CCc2cc(N(Cc3cccc(F)c3)C3CCNCC3)ccc21. The third kappa shape index (κ3) is 3.49. The Morgan fingerprint density at radius 1 is 1.16 bits per heavy atom. The van der Waals surface area contributed by atoms with Crippen LogP contribution in [0, 0.1) is 5.82 Å². The van der Waals surface area contributed by atoms with Gasteiger partial charge in [0.1, 0.15) is 5.82 Å². The Kier molecular flexibility index (Phi) is 4.62. The van der Waals surface area contributed by atoms with E-state index in [0.29, 0.717) is 6.04 Å². The smallest absolute Gasteiger partial charge is 0.123 e. The van der Waals surface area contributed by atoms with Crippen molar-refractivity contribution in [3.05, 3.63) is 59.4 Å². The molecule has 2 aliphatic heterocycles. The average molecular weight is 339 g/mol. The average Bonchev–Trinajstić information content (AvgIpc) is 3.01. The fourth-order valence-corrected chi connectivity index (χ4v) is 4.11. The molecule has 4 heteroatoms. The summed E-state index contributed by atoms with van der Waals surface area (Å²) < 4.78 is 13.7. The van der Waals surface area contributed by atoms with Crippen molar-refractivity contribution >= 4 is 11.4 Å². The van der Waals surface area contributed by atoms with Crippen LogP contribution in [0.3, 0.4) is 0 Å². The van der Waals surface area contributed by atoms with Crippen molar-refractivity contribution in [3.63, 3.8) is 0 Å². The highest BCUT2D eigenvalue weighted by Crippen LogP contribution is 2.33. The first-order valence-electron chi connectivity index (χ1n) is 9.26. The molecule has 0 unspecified atom stereocenters. The molecule has 1 N–H and O–H groups in total. The molecule has 3 nitrogen and oxygen atoms in total. The van der Waals surface area contributed by atoms with Crippen LogP contribution in [0.25, 0.3) is 0 Å². The number of likely N-dealkylation sites (N-methyl/N-ethyl adjacent to an activating group) is 1. The van der Waals surface area contributed by atoms with E-state index in [2.05, 4.69) is 40.4 Å². The van der Waals surface area contributed by atoms with Crippen LogP contribution >= 0.6 is 0 Å². The number of rotatable bonds is 4. The van der Waals surface area contributed by atoms with E-state index < -0.39 is 0 Å². The molecule has 0 bridgehead atoms. The van der Waals surface area contributed by atoms with Gasteiger partial charge in [-0.2, -0.15) is 0 Å². The molecule has 0 amide bonds. The lowest BCUT2D eigenvalue weighted by atomic mass is 10.0. The van der Waals surface area contributed by atoms with E-state index in [1.807, 2.05) is 12.1 Å². The number of benzene rings is 2. The maximum absolute atomic E-state index is 13.7. The minimum Gasteiger partial charge on any atom is -0.374 e. The normalized spacial score (nSPS) is 17.6. The second kappa shape index (κ2) is 7.04. The van der Waals surface area contributed by atoms with Gasteiger partial charge in [-0.15, -0.1) is 0 Å². The summed E-state index contributed by atoms with van der Waals surface area (Å²) in [5.41, 5.74) is 5.08. The monoisotopic (exact) mass is 339 g/mol. The molecule has 132 valence electrons. The minimum atomic E-state index is -0.154. The van der Waals surface area contributed by atoms with Gasteiger partial charge in [0.2, 0.25) is 0 Å². The summed E-state index contributed by atoms with van der Waals surface area (Å²) in [7, 11) is 2.16. The van der Waals surface area contributed by atoms with E-state index >= 15 is 0 Å². The van der Waals surface area contributed by atoms with Crippen molar-refractivity contribution < 1.29 is 4.39 Å². The van der Waals surface area contributed by atoms with Crippen molar-refractivity contribution in [2.75, 3.05) is 36.5 Å². The summed E-state index contributed by atoms with van der Waals surface area (Å²) in [6, 6.07) is 14.3. The number of nitrogens with one attached hydrogen (secondary N) is 1. The van der Waals surface area contributed by atoms with Gasteiger partial charge in [-0.25, -0.2) is 4.39 Å². The molecule has 2 aromatic rings. The highest BCUT2D eigenvalue weighted by molar-refractivity contribution is 5.64. The third-order valence-corrected chi connectivity index (χ3v) is 5.51. The predicted molar refractivity (Wildman–Crippen MR) is 102 cm³/mol. The Morgan fingerprint density at radius 2 is 2.00 bits per heavy atom. The number of piperidine rings is 1. The lowest BCUT2D eigenvalue weighted by molar-refractivity contribution is 0.428. The molecule has 0 radical (unpaired) electrons. The number of fused-ring (bicyclic) bond motifs is 1. The molecule has 2 heterocycles. The van der Waals surface area contributed by atoms with Gasteiger partial charge in [0.25, 0.3) is 0 Å². The van der Waals surface area contributed by atoms with Crippen molar-refractivity contribution in [1.82, 2.24) is 5.32 Å². The summed E-state index contributed by atoms with van der Waals surface area (Å²) in [6.45, 7) is 3.96. The minimum absolute atomic E-state index is 0.154. The van der Waals surface area contributed by atoms with Gasteiger partial charge in [-0.1, -0.05) is 12.1 Å². The van der Waals surface area contributed by atoms with Crippen LogP contribution in [0.4, 0.5) is 15.8 Å². The zero-order valence-electron chi connectivity index (χ0n) is 14.8. The largest absolute Gasteiger partial charge is 0.374 e. The summed E-state index contributed by atoms with van der Waals surface area (Å²) in [6.07, 6.45) is 3.37. The van der Waals surface area contributed by atoms with Gasteiger partial charge in [0.05, 0.1) is 0 Å². The molecule has 2 aromatic carbocycles. The van der Waals surface area contributed by atoms with Crippen molar-refractivity contribution in [3.8, 4) is 0 Å². The molecule has 0 spiro atoms. The number of hydrogen-bond acceptors (Lipinski definition) is 3. The molecule has 0 atom stereocenters. The zero-order valence-corrected chi connectivity index (χ0v) is 14.8. The second-order valence-corrected chi connectivity index (χ2v) is 7.22. The predicted octanol–water partition coefficient (Wildman–Crippen LogP) is 3.58. The fourth-order valence-electron chi connectivity index (χ4n) is 4.11. The second-order valence-electron chi connectivity index (χ2n) is 7.22. The fraction of sp³-hybridized carbons (Fsp3) is 0.429. The zero-order chi connectivity index (χ0) is 17.2. The molecule has 0 saturated carbocycles. The summed E-state index contributed by atoms with van der Waals surface area (Å²) in [4.78, 5) is 4.80. The third-order valence-electron chi connectivity index (χ3n) is 5.51. The van der Waals surface area contributed by atoms with E-state index in [-0.39, 0.29) is 5.82 Å². The summed E-state index contributed by atoms with van der Waals surface area (Å²) >= 11 is 0. The van der Waals surface area contributed by atoms with E-state index in [9.17, 15) is 4.39 Å². The number of nitrogens with zero attached hydrogens (tertiary/aromatic N) is 2. The Bertz CT molecular complexity index is 740. The van der Waals surface area contributed by atoms with E-state index in [1.54, 1.807) is 6.07 Å². The summed E-state index contributed by atoms with van der Waals surface area (Å²) in [5.74, 6) is -0.154. The van der Waals surface area contributed by atoms with Crippen LogP contribution in [-0.2, 0) is 13.0 Å². The molecule has 0 aliphatic carbocycles. The van der Waals surface area contributed by atoms with Crippen molar-refractivity contribution in [2.45, 2.75) is 31.8 Å².